The third-order valence-corrected chi connectivity index (χ3v) is 9.74. The van der Waals surface area contributed by atoms with Crippen LogP contribution < -0.4 is 16.4 Å². The second kappa shape index (κ2) is 17.2. The van der Waals surface area contributed by atoms with Gasteiger partial charge in [0.2, 0.25) is 23.2 Å². The molecule has 2 aromatic carbocycles. The van der Waals surface area contributed by atoms with Crippen LogP contribution in [0, 0.1) is 11.8 Å². The second-order valence-electron chi connectivity index (χ2n) is 11.9. The number of carbonyl (C=O) groups excluding carboxylic acids is 3. The summed E-state index contributed by atoms with van der Waals surface area (Å²) in [4.78, 5) is 50.8. The summed E-state index contributed by atoms with van der Waals surface area (Å²) >= 11 is 1.30. The van der Waals surface area contributed by atoms with Gasteiger partial charge >= 0.3 is 8.03 Å². The van der Waals surface area contributed by atoms with Gasteiger partial charge in [0.15, 0.2) is 0 Å². The maximum Gasteiger partial charge on any atom is 0.516 e. The number of hydrogen-bond acceptors (Lipinski definition) is 6. The maximum absolute atomic E-state index is 13.0. The molecule has 1 aliphatic rings. The molecular formula is C34H43N5O5PS+. The predicted molar refractivity (Wildman–Crippen MR) is 183 cm³/mol. The van der Waals surface area contributed by atoms with Crippen molar-refractivity contribution in [3.05, 3.63) is 72.4 Å². The summed E-state index contributed by atoms with van der Waals surface area (Å²) in [7, 11) is -2.09. The van der Waals surface area contributed by atoms with E-state index in [4.69, 9.17) is 10.6 Å². The summed E-state index contributed by atoms with van der Waals surface area (Å²) in [5.74, 6) is -2.17. The van der Waals surface area contributed by atoms with Crippen LogP contribution in [0.4, 0.5) is 0 Å². The van der Waals surface area contributed by atoms with E-state index >= 15 is 0 Å². The number of nitrogens with two attached hydrogens (primary N) is 1. The van der Waals surface area contributed by atoms with Crippen molar-refractivity contribution >= 4 is 59.3 Å². The summed E-state index contributed by atoms with van der Waals surface area (Å²) < 4.78 is 12.8. The monoisotopic (exact) mass is 664 g/mol. The molecule has 3 heterocycles. The average Bonchev–Trinajstić information content (AvgIpc) is 3.38. The SMILES string of the molecule is CC(C)CC(C(N)=O)C(=O)N[C@H]1Cc2cn(c3ccccc23)CCCCCCNC1=O.O=[P+](O)CSc1ccc2ccccc2n1. The van der Waals surface area contributed by atoms with Gasteiger partial charge in [-0.15, -0.1) is 0 Å². The summed E-state index contributed by atoms with van der Waals surface area (Å²) in [5.41, 5.74) is 8.74. The molecule has 244 valence electrons. The zero-order valence-corrected chi connectivity index (χ0v) is 28.1. The Balaban J connectivity index is 0.000000266. The number of fused-ring (bicyclic) bond motifs is 6. The van der Waals surface area contributed by atoms with Crippen molar-refractivity contribution in [3.63, 3.8) is 0 Å². The molecular weight excluding hydrogens is 621 g/mol. The Kier molecular flexibility index (Phi) is 13.1. The van der Waals surface area contributed by atoms with Gasteiger partial charge in [-0.2, -0.15) is 4.89 Å². The van der Waals surface area contributed by atoms with E-state index in [2.05, 4.69) is 38.5 Å². The molecule has 3 atom stereocenters. The topological polar surface area (TPSA) is 156 Å². The molecule has 46 heavy (non-hydrogen) atoms. The molecule has 5 rings (SSSR count). The number of amides is 3. The Morgan fingerprint density at radius 3 is 2.59 bits per heavy atom. The fraction of sp³-hybridized carbons (Fsp3) is 0.412. The molecule has 4 aromatic rings. The van der Waals surface area contributed by atoms with E-state index in [0.717, 1.165) is 64.6 Å². The van der Waals surface area contributed by atoms with Crippen LogP contribution in [0.25, 0.3) is 21.8 Å². The van der Waals surface area contributed by atoms with E-state index in [0.29, 0.717) is 19.4 Å². The molecule has 0 fully saturated rings. The fourth-order valence-electron chi connectivity index (χ4n) is 5.54. The van der Waals surface area contributed by atoms with Gasteiger partial charge in [0.1, 0.15) is 17.0 Å². The lowest BCUT2D eigenvalue weighted by molar-refractivity contribution is -0.137. The van der Waals surface area contributed by atoms with Crippen LogP contribution in [0.5, 0.6) is 0 Å². The molecule has 0 aliphatic carbocycles. The number of nitrogens with one attached hydrogen (secondary N) is 2. The Morgan fingerprint density at radius 2 is 1.83 bits per heavy atom. The van der Waals surface area contributed by atoms with Gasteiger partial charge < -0.3 is 20.9 Å². The lowest BCUT2D eigenvalue weighted by atomic mass is 9.95. The van der Waals surface area contributed by atoms with Crippen molar-refractivity contribution in [2.24, 2.45) is 17.6 Å². The number of nitrogens with zero attached hydrogens (tertiary/aromatic N) is 2. The Hall–Kier alpha value is -3.79. The molecule has 1 aliphatic heterocycles. The summed E-state index contributed by atoms with van der Waals surface area (Å²) in [5, 5.41) is 8.73. The molecule has 2 aromatic heterocycles. The van der Waals surface area contributed by atoms with Gasteiger partial charge in [0.05, 0.1) is 5.52 Å². The van der Waals surface area contributed by atoms with Crippen LogP contribution in [0.15, 0.2) is 71.9 Å². The minimum atomic E-state index is -2.09. The molecule has 0 radical (unpaired) electrons. The standard InChI is InChI=1S/C24H34N4O3.C10H8NO2PS/c1-16(2)13-19(22(25)29)23(30)27-20-14-17-15-28(21-10-6-5-9-18(17)21)12-8-4-3-7-11-26-24(20)31;12-14(13)7-15-10-6-5-8-3-1-2-4-9(8)11-10/h5-6,9-10,15-16,19-20H,3-4,7-8,11-14H2,1-2H3,(H2,25,29)(H,26,31)(H,27,30);1-6H,7H2/p+1/t19?,20-;/m0./s1. The normalized spacial score (nSPS) is 16.7. The fourth-order valence-corrected chi connectivity index (χ4v) is 6.84. The maximum atomic E-state index is 13.0. The van der Waals surface area contributed by atoms with Crippen molar-refractivity contribution in [2.75, 3.05) is 12.0 Å². The van der Waals surface area contributed by atoms with Crippen molar-refractivity contribution in [1.82, 2.24) is 20.2 Å². The minimum absolute atomic E-state index is 0.134. The van der Waals surface area contributed by atoms with Crippen molar-refractivity contribution in [2.45, 2.75) is 70.0 Å². The third kappa shape index (κ3) is 10.1. The van der Waals surface area contributed by atoms with Gasteiger partial charge in [-0.05, 0) is 53.5 Å². The van der Waals surface area contributed by atoms with Crippen molar-refractivity contribution in [3.8, 4) is 0 Å². The average molecular weight is 665 g/mol. The van der Waals surface area contributed by atoms with Gasteiger partial charge in [-0.3, -0.25) is 14.4 Å². The van der Waals surface area contributed by atoms with Crippen LogP contribution >= 0.6 is 19.8 Å². The Morgan fingerprint density at radius 1 is 1.09 bits per heavy atom. The lowest BCUT2D eigenvalue weighted by Gasteiger charge is -2.22. The summed E-state index contributed by atoms with van der Waals surface area (Å²) in [6.07, 6.45) is 6.94. The number of aromatic nitrogens is 2. The van der Waals surface area contributed by atoms with Crippen LogP contribution in [0.1, 0.15) is 51.5 Å². The molecule has 10 nitrogen and oxygen atoms in total. The van der Waals surface area contributed by atoms with E-state index in [1.165, 1.54) is 11.8 Å². The minimum Gasteiger partial charge on any atom is -0.369 e. The number of thioether (sulfide) groups is 1. The van der Waals surface area contributed by atoms with E-state index < -0.39 is 31.8 Å². The highest BCUT2D eigenvalue weighted by Gasteiger charge is 2.30. The first-order chi connectivity index (χ1) is 22.1. The van der Waals surface area contributed by atoms with E-state index in [-0.39, 0.29) is 17.3 Å². The molecule has 0 spiro atoms. The van der Waals surface area contributed by atoms with Crippen LogP contribution in [-0.2, 0) is 31.9 Å². The molecule has 2 bridgehead atoms. The number of pyridine rings is 1. The quantitative estimate of drug-likeness (QED) is 0.110. The molecule has 0 saturated heterocycles. The number of para-hydroxylation sites is 2. The second-order valence-corrected chi connectivity index (χ2v) is 14.3. The van der Waals surface area contributed by atoms with Crippen LogP contribution in [0.2, 0.25) is 0 Å². The lowest BCUT2D eigenvalue weighted by Crippen LogP contribution is -2.51. The number of carbonyl (C=O) groups is 3. The Bertz CT molecular complexity index is 1680. The van der Waals surface area contributed by atoms with Crippen LogP contribution in [0.3, 0.4) is 0 Å². The number of hydrogen-bond donors (Lipinski definition) is 4. The highest BCUT2D eigenvalue weighted by atomic mass is 32.2. The summed E-state index contributed by atoms with van der Waals surface area (Å²) in [6.45, 7) is 5.38. The van der Waals surface area contributed by atoms with Crippen molar-refractivity contribution in [1.29, 1.82) is 0 Å². The number of aryl methyl sites for hydroxylation is 1. The predicted octanol–water partition coefficient (Wildman–Crippen LogP) is 5.53. The van der Waals surface area contributed by atoms with Gasteiger partial charge in [0.25, 0.3) is 0 Å². The first-order valence-corrected chi connectivity index (χ1v) is 18.1. The zero-order valence-electron chi connectivity index (χ0n) is 26.4. The van der Waals surface area contributed by atoms with Crippen molar-refractivity contribution < 1.29 is 23.8 Å². The third-order valence-electron chi connectivity index (χ3n) is 7.82. The highest BCUT2D eigenvalue weighted by molar-refractivity contribution is 8.03. The van der Waals surface area contributed by atoms with E-state index in [9.17, 15) is 18.9 Å². The molecule has 12 heteroatoms. The van der Waals surface area contributed by atoms with E-state index in [1.807, 2.05) is 62.4 Å². The van der Waals surface area contributed by atoms with Gasteiger partial charge in [-0.25, -0.2) is 4.98 Å². The number of rotatable bonds is 8. The Labute approximate surface area is 274 Å². The summed E-state index contributed by atoms with van der Waals surface area (Å²) in [6, 6.07) is 19.0. The molecule has 3 amide bonds. The van der Waals surface area contributed by atoms with Crippen LogP contribution in [-0.4, -0.2) is 50.2 Å². The molecule has 0 saturated carbocycles. The molecule has 5 N–H and O–H groups in total. The molecule has 2 unspecified atom stereocenters. The first kappa shape index (κ1) is 35.1. The zero-order chi connectivity index (χ0) is 33.1. The number of primary amides is 1. The van der Waals surface area contributed by atoms with E-state index in [1.54, 1.807) is 0 Å². The number of benzene rings is 2. The largest absolute Gasteiger partial charge is 0.516 e. The van der Waals surface area contributed by atoms with Gasteiger partial charge in [-0.1, -0.05) is 80.9 Å². The smallest absolute Gasteiger partial charge is 0.369 e. The highest BCUT2D eigenvalue weighted by Crippen LogP contribution is 2.28. The first-order valence-electron chi connectivity index (χ1n) is 15.7. The van der Waals surface area contributed by atoms with Gasteiger partial charge in [0, 0.05) is 42.0 Å².